The number of non-ortho nitro benzene ring substituents is 1. The summed E-state index contributed by atoms with van der Waals surface area (Å²) >= 11 is 0. The Labute approximate surface area is 171 Å². The topological polar surface area (TPSA) is 116 Å². The number of hydrogen-bond donors (Lipinski definition) is 1. The predicted molar refractivity (Wildman–Crippen MR) is 108 cm³/mol. The lowest BCUT2D eigenvalue weighted by Crippen LogP contribution is -2.21. The number of hydrogen-bond acceptors (Lipinski definition) is 6. The summed E-state index contributed by atoms with van der Waals surface area (Å²) in [7, 11) is 0. The molecule has 3 aromatic carbocycles. The van der Waals surface area contributed by atoms with Gasteiger partial charge in [-0.25, -0.2) is 4.79 Å². The molecule has 0 aliphatic carbocycles. The zero-order valence-corrected chi connectivity index (χ0v) is 15.6. The number of nitrogens with zero attached hydrogens (tertiary/aromatic N) is 1. The average molecular weight is 404 g/mol. The second-order valence-corrected chi connectivity index (χ2v) is 6.20. The summed E-state index contributed by atoms with van der Waals surface area (Å²) in [5, 5.41) is 13.2. The number of esters is 1. The molecule has 0 bridgehead atoms. The number of anilines is 1. The van der Waals surface area contributed by atoms with Crippen LogP contribution in [0.25, 0.3) is 0 Å². The van der Waals surface area contributed by atoms with E-state index < -0.39 is 23.4 Å². The van der Waals surface area contributed by atoms with Gasteiger partial charge in [-0.15, -0.1) is 0 Å². The molecule has 8 heteroatoms. The number of ether oxygens (including phenoxy) is 1. The fourth-order valence-corrected chi connectivity index (χ4v) is 2.62. The molecule has 150 valence electrons. The molecule has 1 N–H and O–H groups in total. The molecule has 0 atom stereocenters. The monoisotopic (exact) mass is 404 g/mol. The van der Waals surface area contributed by atoms with Crippen LogP contribution in [0.3, 0.4) is 0 Å². The molecule has 0 saturated carbocycles. The third kappa shape index (κ3) is 5.14. The van der Waals surface area contributed by atoms with Crippen LogP contribution in [-0.2, 0) is 9.53 Å². The molecule has 0 aliphatic rings. The fraction of sp³-hybridized carbons (Fsp3) is 0.0455. The molecule has 8 nitrogen and oxygen atoms in total. The minimum atomic E-state index is -0.733. The minimum absolute atomic E-state index is 0.171. The molecule has 30 heavy (non-hydrogen) atoms. The van der Waals surface area contributed by atoms with Crippen molar-refractivity contribution in [1.29, 1.82) is 0 Å². The van der Waals surface area contributed by atoms with E-state index in [0.717, 1.165) is 0 Å². The fourth-order valence-electron chi connectivity index (χ4n) is 2.62. The maximum absolute atomic E-state index is 12.4. The lowest BCUT2D eigenvalue weighted by molar-refractivity contribution is -0.384. The van der Waals surface area contributed by atoms with Gasteiger partial charge >= 0.3 is 5.97 Å². The molecule has 0 unspecified atom stereocenters. The van der Waals surface area contributed by atoms with E-state index in [1.54, 1.807) is 24.3 Å². The lowest BCUT2D eigenvalue weighted by atomic mass is 10.0. The highest BCUT2D eigenvalue weighted by molar-refractivity contribution is 6.09. The highest BCUT2D eigenvalue weighted by Crippen LogP contribution is 2.17. The van der Waals surface area contributed by atoms with Crippen molar-refractivity contribution in [2.45, 2.75) is 0 Å². The molecule has 0 spiro atoms. The summed E-state index contributed by atoms with van der Waals surface area (Å²) in [4.78, 5) is 46.6. The van der Waals surface area contributed by atoms with Crippen molar-refractivity contribution in [2.75, 3.05) is 11.9 Å². The smallest absolute Gasteiger partial charge is 0.338 e. The van der Waals surface area contributed by atoms with E-state index in [2.05, 4.69) is 5.32 Å². The van der Waals surface area contributed by atoms with E-state index in [1.807, 2.05) is 6.07 Å². The average Bonchev–Trinajstić information content (AvgIpc) is 2.78. The number of ketones is 1. The van der Waals surface area contributed by atoms with E-state index >= 15 is 0 Å². The second kappa shape index (κ2) is 9.24. The van der Waals surface area contributed by atoms with Gasteiger partial charge in [-0.1, -0.05) is 48.5 Å². The standard InChI is InChI=1S/C22H16N2O6/c25-20(23-18-7-4-8-19(13-18)24(28)29)14-30-22(27)17-11-9-16(10-12-17)21(26)15-5-2-1-3-6-15/h1-13H,14H2,(H,23,25). The number of nitro groups is 1. The first kappa shape index (κ1) is 20.4. The van der Waals surface area contributed by atoms with Gasteiger partial charge in [0.2, 0.25) is 0 Å². The van der Waals surface area contributed by atoms with Crippen LogP contribution in [0.5, 0.6) is 0 Å². The SMILES string of the molecule is O=C(COC(=O)c1ccc(C(=O)c2ccccc2)cc1)Nc1cccc([N+](=O)[O-])c1. The molecular formula is C22H16N2O6. The van der Waals surface area contributed by atoms with E-state index in [-0.39, 0.29) is 22.7 Å². The van der Waals surface area contributed by atoms with Crippen LogP contribution in [0, 0.1) is 10.1 Å². The number of carbonyl (C=O) groups excluding carboxylic acids is 3. The number of nitrogens with one attached hydrogen (secondary N) is 1. The zero-order chi connectivity index (χ0) is 21.5. The molecule has 0 radical (unpaired) electrons. The number of nitro benzene ring substituents is 1. The minimum Gasteiger partial charge on any atom is -0.452 e. The number of benzene rings is 3. The molecule has 0 fully saturated rings. The Kier molecular flexibility index (Phi) is 6.29. The van der Waals surface area contributed by atoms with Gasteiger partial charge < -0.3 is 10.1 Å². The van der Waals surface area contributed by atoms with Gasteiger partial charge in [0.25, 0.3) is 11.6 Å². The number of carbonyl (C=O) groups is 3. The van der Waals surface area contributed by atoms with Gasteiger partial charge in [0.1, 0.15) is 0 Å². The lowest BCUT2D eigenvalue weighted by Gasteiger charge is -2.07. The van der Waals surface area contributed by atoms with Gasteiger partial charge in [0, 0.05) is 28.9 Å². The Bertz CT molecular complexity index is 1090. The van der Waals surface area contributed by atoms with Crippen LogP contribution < -0.4 is 5.32 Å². The largest absolute Gasteiger partial charge is 0.452 e. The first-order valence-electron chi connectivity index (χ1n) is 8.85. The first-order chi connectivity index (χ1) is 14.4. The quantitative estimate of drug-likeness (QED) is 0.278. The van der Waals surface area contributed by atoms with Crippen LogP contribution in [0.4, 0.5) is 11.4 Å². The molecule has 3 aromatic rings. The summed E-state index contributed by atoms with van der Waals surface area (Å²) in [5.74, 6) is -1.55. The number of amides is 1. The molecule has 1 amide bonds. The highest BCUT2D eigenvalue weighted by atomic mass is 16.6. The van der Waals surface area contributed by atoms with Gasteiger partial charge in [-0.05, 0) is 18.2 Å². The van der Waals surface area contributed by atoms with Gasteiger partial charge in [-0.3, -0.25) is 19.7 Å². The van der Waals surface area contributed by atoms with Crippen LogP contribution in [0.1, 0.15) is 26.3 Å². The second-order valence-electron chi connectivity index (χ2n) is 6.20. The maximum atomic E-state index is 12.4. The van der Waals surface area contributed by atoms with E-state index in [9.17, 15) is 24.5 Å². The summed E-state index contributed by atoms with van der Waals surface area (Å²) in [6, 6.07) is 20.0. The summed E-state index contributed by atoms with van der Waals surface area (Å²) < 4.78 is 4.95. The van der Waals surface area contributed by atoms with Gasteiger partial charge in [0.05, 0.1) is 10.5 Å². The Morgan fingerprint density at radius 1 is 0.833 bits per heavy atom. The molecule has 0 aromatic heterocycles. The predicted octanol–water partition coefficient (Wildman–Crippen LogP) is 3.62. The van der Waals surface area contributed by atoms with Crippen molar-refractivity contribution in [3.8, 4) is 0 Å². The van der Waals surface area contributed by atoms with Crippen molar-refractivity contribution in [3.63, 3.8) is 0 Å². The Morgan fingerprint density at radius 2 is 1.47 bits per heavy atom. The summed E-state index contributed by atoms with van der Waals surface area (Å²) in [6.07, 6.45) is 0. The first-order valence-corrected chi connectivity index (χ1v) is 8.85. The molecule has 0 heterocycles. The zero-order valence-electron chi connectivity index (χ0n) is 15.6. The molecule has 3 rings (SSSR count). The van der Waals surface area contributed by atoms with Crippen molar-refractivity contribution >= 4 is 29.0 Å². The van der Waals surface area contributed by atoms with E-state index in [1.165, 1.54) is 48.5 Å². The third-order valence-corrected chi connectivity index (χ3v) is 4.09. The van der Waals surface area contributed by atoms with Crippen molar-refractivity contribution in [1.82, 2.24) is 0 Å². The third-order valence-electron chi connectivity index (χ3n) is 4.09. The Hall–Kier alpha value is -4.33. The van der Waals surface area contributed by atoms with Crippen molar-refractivity contribution in [3.05, 3.63) is 106 Å². The van der Waals surface area contributed by atoms with Crippen molar-refractivity contribution in [2.24, 2.45) is 0 Å². The normalized spacial score (nSPS) is 10.1. The Morgan fingerprint density at radius 3 is 2.13 bits per heavy atom. The number of rotatable bonds is 7. The van der Waals surface area contributed by atoms with Gasteiger partial charge in [-0.2, -0.15) is 0 Å². The molecule has 0 saturated heterocycles. The van der Waals surface area contributed by atoms with Gasteiger partial charge in [0.15, 0.2) is 12.4 Å². The van der Waals surface area contributed by atoms with Crippen LogP contribution >= 0.6 is 0 Å². The van der Waals surface area contributed by atoms with Crippen LogP contribution in [0.15, 0.2) is 78.9 Å². The van der Waals surface area contributed by atoms with E-state index in [4.69, 9.17) is 4.74 Å². The van der Waals surface area contributed by atoms with Crippen LogP contribution in [-0.4, -0.2) is 29.2 Å². The van der Waals surface area contributed by atoms with E-state index in [0.29, 0.717) is 11.1 Å². The molecular weight excluding hydrogens is 388 g/mol. The Balaban J connectivity index is 1.56. The van der Waals surface area contributed by atoms with Crippen LogP contribution in [0.2, 0.25) is 0 Å². The molecule has 0 aliphatic heterocycles. The van der Waals surface area contributed by atoms with Crippen molar-refractivity contribution < 1.29 is 24.0 Å². The summed E-state index contributed by atoms with van der Waals surface area (Å²) in [5.41, 5.74) is 1.18. The maximum Gasteiger partial charge on any atom is 0.338 e. The summed E-state index contributed by atoms with van der Waals surface area (Å²) in [6.45, 7) is -0.563. The highest BCUT2D eigenvalue weighted by Gasteiger charge is 2.14.